The summed E-state index contributed by atoms with van der Waals surface area (Å²) in [7, 11) is -1.51. The highest BCUT2D eigenvalue weighted by Gasteiger charge is 2.28. The minimum atomic E-state index is -3.22. The van der Waals surface area contributed by atoms with E-state index in [4.69, 9.17) is 0 Å². The fraction of sp³-hybridized carbons (Fsp3) is 0.600. The quantitative estimate of drug-likeness (QED) is 0.832. The maximum atomic E-state index is 12.4. The summed E-state index contributed by atoms with van der Waals surface area (Å²) in [6.07, 6.45) is 0.960. The van der Waals surface area contributed by atoms with Crippen LogP contribution in [0.1, 0.15) is 24.5 Å². The molecule has 1 fully saturated rings. The third-order valence-corrected chi connectivity index (χ3v) is 6.83. The fourth-order valence-electron chi connectivity index (χ4n) is 2.37. The Morgan fingerprint density at radius 3 is 2.52 bits per heavy atom. The molecule has 1 heterocycles. The Balaban J connectivity index is 1.99. The lowest BCUT2D eigenvalue weighted by Crippen LogP contribution is -2.37. The van der Waals surface area contributed by atoms with Crippen molar-refractivity contribution in [1.82, 2.24) is 9.62 Å². The van der Waals surface area contributed by atoms with Crippen molar-refractivity contribution in [3.05, 3.63) is 35.4 Å². The summed E-state index contributed by atoms with van der Waals surface area (Å²) in [5, 5.41) is 3.26. The maximum absolute atomic E-state index is 12.4. The lowest BCUT2D eigenvalue weighted by Gasteiger charge is -2.23. The monoisotopic (exact) mass is 328 g/mol. The average molecular weight is 329 g/mol. The molecular formula is C15H24N2O2S2. The van der Waals surface area contributed by atoms with Crippen molar-refractivity contribution in [3.63, 3.8) is 0 Å². The van der Waals surface area contributed by atoms with Gasteiger partial charge in [-0.3, -0.25) is 0 Å². The number of sulfonamides is 1. The molecule has 2 rings (SSSR count). The molecule has 118 valence electrons. The van der Waals surface area contributed by atoms with E-state index in [0.29, 0.717) is 0 Å². The van der Waals surface area contributed by atoms with Gasteiger partial charge in [-0.15, -0.1) is 0 Å². The summed E-state index contributed by atoms with van der Waals surface area (Å²) < 4.78 is 26.5. The Bertz CT molecular complexity index is 537. The van der Waals surface area contributed by atoms with E-state index in [2.05, 4.69) is 12.2 Å². The Labute approximate surface area is 132 Å². The third kappa shape index (κ3) is 4.71. The lowest BCUT2D eigenvalue weighted by atomic mass is 10.1. The van der Waals surface area contributed by atoms with Crippen LogP contribution >= 0.6 is 11.8 Å². The van der Waals surface area contributed by atoms with E-state index in [1.54, 1.807) is 11.4 Å². The van der Waals surface area contributed by atoms with Gasteiger partial charge in [-0.2, -0.15) is 11.8 Å². The van der Waals surface area contributed by atoms with E-state index in [1.807, 2.05) is 36.0 Å². The number of nitrogens with one attached hydrogen (secondary N) is 1. The maximum Gasteiger partial charge on any atom is 0.218 e. The van der Waals surface area contributed by atoms with Gasteiger partial charge < -0.3 is 5.32 Å². The van der Waals surface area contributed by atoms with E-state index in [9.17, 15) is 8.42 Å². The Hall–Kier alpha value is -0.560. The van der Waals surface area contributed by atoms with Crippen molar-refractivity contribution in [1.29, 1.82) is 0 Å². The van der Waals surface area contributed by atoms with Crippen LogP contribution in [0.5, 0.6) is 0 Å². The summed E-state index contributed by atoms with van der Waals surface area (Å²) >= 11 is 1.83. The number of thioether (sulfide) groups is 1. The molecule has 0 bridgehead atoms. The minimum Gasteiger partial charge on any atom is -0.313 e. The summed E-state index contributed by atoms with van der Waals surface area (Å²) in [5.41, 5.74) is 2.03. The van der Waals surface area contributed by atoms with Crippen LogP contribution < -0.4 is 5.32 Å². The molecule has 0 aliphatic carbocycles. The molecule has 1 saturated heterocycles. The highest BCUT2D eigenvalue weighted by atomic mass is 32.2. The van der Waals surface area contributed by atoms with E-state index >= 15 is 0 Å². The summed E-state index contributed by atoms with van der Waals surface area (Å²) in [4.78, 5) is 0. The molecule has 1 atom stereocenters. The van der Waals surface area contributed by atoms with E-state index in [1.165, 1.54) is 5.56 Å². The molecule has 0 amide bonds. The minimum absolute atomic E-state index is 0.0894. The molecule has 1 aliphatic heterocycles. The predicted octanol–water partition coefficient (Wildman–Crippen LogP) is 2.06. The molecule has 1 aliphatic rings. The Morgan fingerprint density at radius 2 is 1.95 bits per heavy atom. The first-order chi connectivity index (χ1) is 10.0. The number of hydrogen-bond donors (Lipinski definition) is 1. The number of benzene rings is 1. The van der Waals surface area contributed by atoms with Crippen LogP contribution in [-0.2, 0) is 22.3 Å². The molecule has 1 unspecified atom stereocenters. The molecule has 0 saturated carbocycles. The third-order valence-electron chi connectivity index (χ3n) is 3.81. The van der Waals surface area contributed by atoms with Crippen LogP contribution in [0.4, 0.5) is 0 Å². The molecule has 0 spiro atoms. The van der Waals surface area contributed by atoms with Crippen LogP contribution in [-0.4, -0.2) is 43.9 Å². The predicted molar refractivity (Wildman–Crippen MR) is 89.9 cm³/mol. The number of hydrogen-bond acceptors (Lipinski definition) is 4. The van der Waals surface area contributed by atoms with Gasteiger partial charge >= 0.3 is 0 Å². The summed E-state index contributed by atoms with van der Waals surface area (Å²) in [5.74, 6) is 2.06. The van der Waals surface area contributed by atoms with Gasteiger partial charge in [0.05, 0.1) is 5.75 Å². The van der Waals surface area contributed by atoms with Crippen LogP contribution in [0.3, 0.4) is 0 Å². The van der Waals surface area contributed by atoms with E-state index in [0.717, 1.165) is 36.6 Å². The van der Waals surface area contributed by atoms with E-state index < -0.39 is 10.0 Å². The van der Waals surface area contributed by atoms with Gasteiger partial charge in [0.2, 0.25) is 10.0 Å². The molecule has 0 radical (unpaired) electrons. The van der Waals surface area contributed by atoms with Gasteiger partial charge in [-0.25, -0.2) is 12.7 Å². The van der Waals surface area contributed by atoms with Crippen molar-refractivity contribution in [2.45, 2.75) is 31.7 Å². The fourth-order valence-corrected chi connectivity index (χ4v) is 5.18. The van der Waals surface area contributed by atoms with Crippen molar-refractivity contribution >= 4 is 21.8 Å². The normalized spacial score (nSPS) is 19.3. The van der Waals surface area contributed by atoms with Crippen LogP contribution in [0.2, 0.25) is 0 Å². The van der Waals surface area contributed by atoms with Crippen molar-refractivity contribution in [2.75, 3.05) is 25.1 Å². The van der Waals surface area contributed by atoms with Crippen molar-refractivity contribution in [2.24, 2.45) is 0 Å². The Kier molecular flexibility index (Phi) is 6.10. The van der Waals surface area contributed by atoms with Gasteiger partial charge in [-0.05, 0) is 29.8 Å². The molecular weight excluding hydrogens is 304 g/mol. The largest absolute Gasteiger partial charge is 0.313 e. The highest BCUT2D eigenvalue weighted by molar-refractivity contribution is 7.99. The number of rotatable bonds is 7. The first kappa shape index (κ1) is 16.8. The zero-order chi connectivity index (χ0) is 15.3. The zero-order valence-electron chi connectivity index (χ0n) is 12.7. The van der Waals surface area contributed by atoms with Crippen LogP contribution in [0.15, 0.2) is 24.3 Å². The van der Waals surface area contributed by atoms with Crippen LogP contribution in [0.25, 0.3) is 0 Å². The smallest absolute Gasteiger partial charge is 0.218 e. The first-order valence-corrected chi connectivity index (χ1v) is 10.1. The topological polar surface area (TPSA) is 49.4 Å². The van der Waals surface area contributed by atoms with Crippen molar-refractivity contribution < 1.29 is 8.42 Å². The second-order valence-corrected chi connectivity index (χ2v) is 8.56. The van der Waals surface area contributed by atoms with Gasteiger partial charge in [0.25, 0.3) is 0 Å². The highest BCUT2D eigenvalue weighted by Crippen LogP contribution is 2.24. The first-order valence-electron chi connectivity index (χ1n) is 7.35. The standard InChI is InChI=1S/C15H24N2O2S2/c1-3-16-10-13-4-6-14(7-5-13)12-21(18,19)17(2)15-8-9-20-11-15/h4-7,15-16H,3,8-12H2,1-2H3. The van der Waals surface area contributed by atoms with Gasteiger partial charge in [0.15, 0.2) is 0 Å². The SMILES string of the molecule is CCNCc1ccc(CS(=O)(=O)N(C)C2CCSC2)cc1. The van der Waals surface area contributed by atoms with Gasteiger partial charge in [-0.1, -0.05) is 31.2 Å². The second-order valence-electron chi connectivity index (χ2n) is 5.39. The number of nitrogens with zero attached hydrogens (tertiary/aromatic N) is 1. The van der Waals surface area contributed by atoms with E-state index in [-0.39, 0.29) is 11.8 Å². The lowest BCUT2D eigenvalue weighted by molar-refractivity contribution is 0.394. The van der Waals surface area contributed by atoms with Crippen molar-refractivity contribution in [3.8, 4) is 0 Å². The molecule has 1 N–H and O–H groups in total. The molecule has 1 aromatic rings. The molecule has 6 heteroatoms. The molecule has 4 nitrogen and oxygen atoms in total. The molecule has 1 aromatic carbocycles. The van der Waals surface area contributed by atoms with Crippen LogP contribution in [0, 0.1) is 0 Å². The van der Waals surface area contributed by atoms with Gasteiger partial charge in [0, 0.05) is 25.4 Å². The second kappa shape index (κ2) is 7.63. The zero-order valence-corrected chi connectivity index (χ0v) is 14.3. The Morgan fingerprint density at radius 1 is 1.29 bits per heavy atom. The molecule has 0 aromatic heterocycles. The van der Waals surface area contributed by atoms with Gasteiger partial charge in [0.1, 0.15) is 0 Å². The molecule has 21 heavy (non-hydrogen) atoms. The average Bonchev–Trinajstić information content (AvgIpc) is 2.99. The summed E-state index contributed by atoms with van der Waals surface area (Å²) in [6.45, 7) is 3.82. The summed E-state index contributed by atoms with van der Waals surface area (Å²) in [6, 6.07) is 7.99.